The van der Waals surface area contributed by atoms with Gasteiger partial charge in [0.2, 0.25) is 0 Å². The van der Waals surface area contributed by atoms with E-state index in [2.05, 4.69) is 36.9 Å². The Balaban J connectivity index is 1.68. The van der Waals surface area contributed by atoms with Gasteiger partial charge in [-0.2, -0.15) is 0 Å². The minimum atomic E-state index is -3.12. The van der Waals surface area contributed by atoms with Gasteiger partial charge in [0.1, 0.15) is 0 Å². The second kappa shape index (κ2) is 7.72. The Morgan fingerprint density at radius 1 is 1.00 bits per heavy atom. The van der Waals surface area contributed by atoms with E-state index in [1.54, 1.807) is 24.3 Å². The van der Waals surface area contributed by atoms with E-state index in [1.807, 2.05) is 4.90 Å². The molecule has 1 fully saturated rings. The van der Waals surface area contributed by atoms with Crippen molar-refractivity contribution in [2.24, 2.45) is 0 Å². The molecule has 1 saturated heterocycles. The minimum absolute atomic E-state index is 0.0361. The number of benzene rings is 2. The number of amides is 1. The second-order valence-corrected chi connectivity index (χ2v) is 9.41. The quantitative estimate of drug-likeness (QED) is 0.811. The fraction of sp³-hybridized carbons (Fsp3) is 0.381. The van der Waals surface area contributed by atoms with Crippen molar-refractivity contribution in [1.82, 2.24) is 4.90 Å². The first-order valence-corrected chi connectivity index (χ1v) is 11.2. The van der Waals surface area contributed by atoms with E-state index in [4.69, 9.17) is 0 Å². The van der Waals surface area contributed by atoms with E-state index in [0.29, 0.717) is 24.2 Å². The summed E-state index contributed by atoms with van der Waals surface area (Å²) in [5, 5.41) is 0. The van der Waals surface area contributed by atoms with Gasteiger partial charge in [0.25, 0.3) is 5.91 Å². The monoisotopic (exact) mass is 386 g/mol. The lowest BCUT2D eigenvalue weighted by Gasteiger charge is -2.37. The first-order chi connectivity index (χ1) is 12.7. The smallest absolute Gasteiger partial charge is 0.253 e. The lowest BCUT2D eigenvalue weighted by molar-refractivity contribution is 0.0746. The van der Waals surface area contributed by atoms with Crippen LogP contribution in [-0.4, -0.2) is 51.7 Å². The summed E-state index contributed by atoms with van der Waals surface area (Å²) in [6.07, 6.45) is 1.20. The standard InChI is InChI=1S/C21H26N2O3S/c1-16-6-4-9-20(17(16)2)22-10-12-23(13-11-22)21(24)19-8-5-7-18(14-19)15-27(3,25)26/h4-9,14H,10-13,15H2,1-3H3. The van der Waals surface area contributed by atoms with Crippen molar-refractivity contribution >= 4 is 21.4 Å². The van der Waals surface area contributed by atoms with Gasteiger partial charge >= 0.3 is 0 Å². The van der Waals surface area contributed by atoms with E-state index < -0.39 is 9.84 Å². The van der Waals surface area contributed by atoms with Crippen LogP contribution in [0, 0.1) is 13.8 Å². The Hall–Kier alpha value is -2.34. The van der Waals surface area contributed by atoms with Crippen LogP contribution < -0.4 is 4.90 Å². The zero-order valence-electron chi connectivity index (χ0n) is 16.1. The molecule has 5 nitrogen and oxygen atoms in total. The number of hydrogen-bond acceptors (Lipinski definition) is 4. The van der Waals surface area contributed by atoms with E-state index >= 15 is 0 Å². The van der Waals surface area contributed by atoms with Crippen LogP contribution in [-0.2, 0) is 15.6 Å². The molecule has 144 valence electrons. The third-order valence-corrected chi connectivity index (χ3v) is 5.94. The normalized spacial score (nSPS) is 15.1. The Morgan fingerprint density at radius 2 is 1.67 bits per heavy atom. The Bertz CT molecular complexity index is 946. The molecule has 1 amide bonds. The van der Waals surface area contributed by atoms with Gasteiger partial charge in [-0.15, -0.1) is 0 Å². The second-order valence-electron chi connectivity index (χ2n) is 7.27. The van der Waals surface area contributed by atoms with Gasteiger partial charge in [-0.3, -0.25) is 4.79 Å². The number of aryl methyl sites for hydroxylation is 1. The summed E-state index contributed by atoms with van der Waals surface area (Å²) < 4.78 is 23.0. The molecule has 1 aliphatic rings. The van der Waals surface area contributed by atoms with Crippen molar-refractivity contribution in [2.75, 3.05) is 37.3 Å². The highest BCUT2D eigenvalue weighted by atomic mass is 32.2. The van der Waals surface area contributed by atoms with Crippen molar-refractivity contribution in [3.8, 4) is 0 Å². The molecule has 1 aliphatic heterocycles. The first-order valence-electron chi connectivity index (χ1n) is 9.12. The third-order valence-electron chi connectivity index (χ3n) is 5.09. The maximum absolute atomic E-state index is 12.8. The number of hydrogen-bond donors (Lipinski definition) is 0. The molecule has 0 atom stereocenters. The molecule has 0 unspecified atom stereocenters. The van der Waals surface area contributed by atoms with Crippen molar-refractivity contribution < 1.29 is 13.2 Å². The average molecular weight is 387 g/mol. The van der Waals surface area contributed by atoms with Crippen molar-refractivity contribution in [1.29, 1.82) is 0 Å². The maximum atomic E-state index is 12.8. The highest BCUT2D eigenvalue weighted by Crippen LogP contribution is 2.24. The fourth-order valence-corrected chi connectivity index (χ4v) is 4.29. The lowest BCUT2D eigenvalue weighted by Crippen LogP contribution is -2.49. The van der Waals surface area contributed by atoms with Crippen LogP contribution in [0.15, 0.2) is 42.5 Å². The molecule has 0 aromatic heterocycles. The van der Waals surface area contributed by atoms with Crippen LogP contribution in [0.25, 0.3) is 0 Å². The Morgan fingerprint density at radius 3 is 2.33 bits per heavy atom. The summed E-state index contributed by atoms with van der Waals surface area (Å²) in [5.74, 6) is -0.0832. The van der Waals surface area contributed by atoms with Gasteiger partial charge in [-0.05, 0) is 48.7 Å². The molecule has 0 aliphatic carbocycles. The number of nitrogens with zero attached hydrogens (tertiary/aromatic N) is 2. The van der Waals surface area contributed by atoms with Gasteiger partial charge in [0.05, 0.1) is 5.75 Å². The van der Waals surface area contributed by atoms with Crippen molar-refractivity contribution in [2.45, 2.75) is 19.6 Å². The highest BCUT2D eigenvalue weighted by molar-refractivity contribution is 7.89. The lowest BCUT2D eigenvalue weighted by atomic mass is 10.1. The zero-order valence-corrected chi connectivity index (χ0v) is 16.9. The zero-order chi connectivity index (χ0) is 19.6. The average Bonchev–Trinajstić information content (AvgIpc) is 2.62. The number of anilines is 1. The molecule has 3 rings (SSSR count). The Labute approximate surface area is 161 Å². The summed E-state index contributed by atoms with van der Waals surface area (Å²) in [5.41, 5.74) is 4.99. The molecule has 0 N–H and O–H groups in total. The topological polar surface area (TPSA) is 57.7 Å². The van der Waals surface area contributed by atoms with E-state index in [9.17, 15) is 13.2 Å². The first kappa shape index (κ1) is 19.4. The largest absolute Gasteiger partial charge is 0.368 e. The molecular weight excluding hydrogens is 360 g/mol. The van der Waals surface area contributed by atoms with Gasteiger partial charge in [-0.1, -0.05) is 24.3 Å². The number of sulfone groups is 1. The summed E-state index contributed by atoms with van der Waals surface area (Å²) >= 11 is 0. The molecule has 0 bridgehead atoms. The van der Waals surface area contributed by atoms with Crippen LogP contribution in [0.4, 0.5) is 5.69 Å². The molecule has 27 heavy (non-hydrogen) atoms. The molecule has 2 aromatic rings. The summed E-state index contributed by atoms with van der Waals surface area (Å²) in [6.45, 7) is 7.14. The predicted octanol–water partition coefficient (Wildman–Crippen LogP) is 2.81. The summed E-state index contributed by atoms with van der Waals surface area (Å²) in [6, 6.07) is 13.3. The van der Waals surface area contributed by atoms with E-state index in [-0.39, 0.29) is 11.7 Å². The van der Waals surface area contributed by atoms with Gasteiger partial charge in [0.15, 0.2) is 9.84 Å². The third kappa shape index (κ3) is 4.69. The van der Waals surface area contributed by atoms with Crippen molar-refractivity contribution in [3.05, 3.63) is 64.7 Å². The molecule has 1 heterocycles. The number of carbonyl (C=O) groups excluding carboxylic acids is 1. The van der Waals surface area contributed by atoms with Gasteiger partial charge in [-0.25, -0.2) is 8.42 Å². The van der Waals surface area contributed by atoms with Crippen LogP contribution in [0.3, 0.4) is 0 Å². The van der Waals surface area contributed by atoms with Gasteiger partial charge in [0, 0.05) is 43.7 Å². The minimum Gasteiger partial charge on any atom is -0.368 e. The SMILES string of the molecule is Cc1cccc(N2CCN(C(=O)c3cccc(CS(C)(=O)=O)c3)CC2)c1C. The Kier molecular flexibility index (Phi) is 5.56. The molecule has 2 aromatic carbocycles. The number of rotatable bonds is 4. The molecule has 0 spiro atoms. The van der Waals surface area contributed by atoms with Gasteiger partial charge < -0.3 is 9.80 Å². The van der Waals surface area contributed by atoms with Crippen LogP contribution >= 0.6 is 0 Å². The van der Waals surface area contributed by atoms with Crippen LogP contribution in [0.2, 0.25) is 0 Å². The summed E-state index contributed by atoms with van der Waals surface area (Å²) in [4.78, 5) is 17.0. The molecular formula is C21H26N2O3S. The van der Waals surface area contributed by atoms with Crippen LogP contribution in [0.1, 0.15) is 27.0 Å². The number of carbonyl (C=O) groups is 1. The molecule has 6 heteroatoms. The van der Waals surface area contributed by atoms with Crippen LogP contribution in [0.5, 0.6) is 0 Å². The number of piperazine rings is 1. The molecule has 0 radical (unpaired) electrons. The predicted molar refractivity (Wildman–Crippen MR) is 109 cm³/mol. The fourth-order valence-electron chi connectivity index (χ4n) is 3.51. The highest BCUT2D eigenvalue weighted by Gasteiger charge is 2.23. The van der Waals surface area contributed by atoms with E-state index in [1.165, 1.54) is 23.1 Å². The molecule has 0 saturated carbocycles. The maximum Gasteiger partial charge on any atom is 0.253 e. The van der Waals surface area contributed by atoms with Crippen molar-refractivity contribution in [3.63, 3.8) is 0 Å². The van der Waals surface area contributed by atoms with E-state index in [0.717, 1.165) is 13.1 Å². The summed E-state index contributed by atoms with van der Waals surface area (Å²) in [7, 11) is -3.12.